The molecule has 0 spiro atoms. The average molecular weight is 436 g/mol. The standard InChI is InChI=1S/C21H29N3O5S/c1-13(2)20-22-19(29-23-20)12-28-21(25)17-10-15(4)16(5)18(11-17)30(26,27)24-8-6-14(3)7-9-24/h10-11,13-14H,6-9,12H2,1-5H3. The van der Waals surface area contributed by atoms with E-state index in [1.807, 2.05) is 13.8 Å². The topological polar surface area (TPSA) is 103 Å². The first-order chi connectivity index (χ1) is 14.1. The zero-order valence-corrected chi connectivity index (χ0v) is 19.0. The van der Waals surface area contributed by atoms with Crippen molar-refractivity contribution in [2.24, 2.45) is 5.92 Å². The minimum Gasteiger partial charge on any atom is -0.452 e. The normalized spacial score (nSPS) is 16.2. The van der Waals surface area contributed by atoms with Crippen LogP contribution in [0.3, 0.4) is 0 Å². The van der Waals surface area contributed by atoms with E-state index < -0.39 is 16.0 Å². The number of esters is 1. The van der Waals surface area contributed by atoms with Crippen LogP contribution in [-0.4, -0.2) is 41.9 Å². The van der Waals surface area contributed by atoms with E-state index >= 15 is 0 Å². The van der Waals surface area contributed by atoms with E-state index in [2.05, 4.69) is 17.1 Å². The van der Waals surface area contributed by atoms with Gasteiger partial charge in [-0.05, 0) is 55.9 Å². The minimum absolute atomic E-state index is 0.100. The van der Waals surface area contributed by atoms with Gasteiger partial charge < -0.3 is 9.26 Å². The number of carbonyl (C=O) groups is 1. The molecule has 0 aliphatic carbocycles. The van der Waals surface area contributed by atoms with E-state index in [0.29, 0.717) is 36.0 Å². The third-order valence-corrected chi connectivity index (χ3v) is 7.57. The second-order valence-electron chi connectivity index (χ2n) is 8.28. The maximum absolute atomic E-state index is 13.2. The van der Waals surface area contributed by atoms with Gasteiger partial charge in [0.05, 0.1) is 10.5 Å². The number of hydrogen-bond donors (Lipinski definition) is 0. The fraction of sp³-hybridized carbons (Fsp3) is 0.571. The van der Waals surface area contributed by atoms with Crippen molar-refractivity contribution in [1.82, 2.24) is 14.4 Å². The molecule has 1 aliphatic rings. The molecular weight excluding hydrogens is 406 g/mol. The summed E-state index contributed by atoms with van der Waals surface area (Å²) in [6, 6.07) is 3.05. The highest BCUT2D eigenvalue weighted by Gasteiger charge is 2.30. The van der Waals surface area contributed by atoms with Crippen molar-refractivity contribution in [3.05, 3.63) is 40.5 Å². The Bertz CT molecular complexity index is 1020. The van der Waals surface area contributed by atoms with E-state index in [9.17, 15) is 13.2 Å². The predicted octanol–water partition coefficient (Wildman–Crippen LogP) is 3.59. The number of nitrogens with zero attached hydrogens (tertiary/aromatic N) is 3. The molecule has 9 heteroatoms. The number of benzene rings is 1. The van der Waals surface area contributed by atoms with Crippen molar-refractivity contribution in [1.29, 1.82) is 0 Å². The van der Waals surface area contributed by atoms with Gasteiger partial charge in [0.2, 0.25) is 10.0 Å². The maximum Gasteiger partial charge on any atom is 0.338 e. The summed E-state index contributed by atoms with van der Waals surface area (Å²) in [7, 11) is -3.68. The second kappa shape index (κ2) is 8.85. The zero-order valence-electron chi connectivity index (χ0n) is 18.1. The van der Waals surface area contributed by atoms with Gasteiger partial charge in [-0.15, -0.1) is 0 Å². The third-order valence-electron chi connectivity index (χ3n) is 5.54. The van der Waals surface area contributed by atoms with Gasteiger partial charge in [0.1, 0.15) is 0 Å². The molecule has 2 aromatic rings. The van der Waals surface area contributed by atoms with Gasteiger partial charge >= 0.3 is 5.97 Å². The van der Waals surface area contributed by atoms with Gasteiger partial charge in [0.15, 0.2) is 12.4 Å². The molecule has 1 aromatic heterocycles. The van der Waals surface area contributed by atoms with Crippen molar-refractivity contribution in [2.75, 3.05) is 13.1 Å². The van der Waals surface area contributed by atoms with Crippen LogP contribution in [-0.2, 0) is 21.4 Å². The highest BCUT2D eigenvalue weighted by Crippen LogP contribution is 2.28. The fourth-order valence-electron chi connectivity index (χ4n) is 3.35. The van der Waals surface area contributed by atoms with Crippen LogP contribution in [0, 0.1) is 19.8 Å². The zero-order chi connectivity index (χ0) is 22.1. The highest BCUT2D eigenvalue weighted by atomic mass is 32.2. The van der Waals surface area contributed by atoms with Crippen molar-refractivity contribution >= 4 is 16.0 Å². The summed E-state index contributed by atoms with van der Waals surface area (Å²) in [5.74, 6) is 0.721. The summed E-state index contributed by atoms with van der Waals surface area (Å²) in [4.78, 5) is 16.9. The molecule has 0 amide bonds. The highest BCUT2D eigenvalue weighted by molar-refractivity contribution is 7.89. The van der Waals surface area contributed by atoms with Crippen molar-refractivity contribution in [2.45, 2.75) is 64.9 Å². The largest absolute Gasteiger partial charge is 0.452 e. The molecule has 1 fully saturated rings. The molecule has 8 nitrogen and oxygen atoms in total. The predicted molar refractivity (Wildman–Crippen MR) is 111 cm³/mol. The molecule has 164 valence electrons. The lowest BCUT2D eigenvalue weighted by atomic mass is 10.0. The van der Waals surface area contributed by atoms with Gasteiger partial charge in [-0.1, -0.05) is 25.9 Å². The molecule has 0 unspecified atom stereocenters. The summed E-state index contributed by atoms with van der Waals surface area (Å²) in [5, 5.41) is 3.83. The van der Waals surface area contributed by atoms with Crippen LogP contribution in [0.4, 0.5) is 0 Å². The number of rotatable bonds is 6. The first-order valence-corrected chi connectivity index (χ1v) is 11.6. The maximum atomic E-state index is 13.2. The van der Waals surface area contributed by atoms with E-state index in [1.165, 1.54) is 10.4 Å². The summed E-state index contributed by atoms with van der Waals surface area (Å²) < 4.78 is 38.3. The van der Waals surface area contributed by atoms with E-state index in [0.717, 1.165) is 12.8 Å². The van der Waals surface area contributed by atoms with Gasteiger partial charge in [0.25, 0.3) is 5.89 Å². The van der Waals surface area contributed by atoms with E-state index in [1.54, 1.807) is 19.9 Å². The monoisotopic (exact) mass is 435 g/mol. The van der Waals surface area contributed by atoms with E-state index in [4.69, 9.17) is 9.26 Å². The molecule has 0 bridgehead atoms. The molecule has 3 rings (SSSR count). The number of aromatic nitrogens is 2. The lowest BCUT2D eigenvalue weighted by Gasteiger charge is -2.30. The van der Waals surface area contributed by atoms with Crippen LogP contribution >= 0.6 is 0 Å². The minimum atomic E-state index is -3.68. The first-order valence-electron chi connectivity index (χ1n) is 10.2. The molecule has 1 saturated heterocycles. The molecule has 30 heavy (non-hydrogen) atoms. The quantitative estimate of drug-likeness (QED) is 0.639. The fourth-order valence-corrected chi connectivity index (χ4v) is 5.14. The molecular formula is C21H29N3O5S. The van der Waals surface area contributed by atoms with Crippen LogP contribution in [0.1, 0.15) is 72.7 Å². The number of carbonyl (C=O) groups excluding carboxylic acids is 1. The van der Waals surface area contributed by atoms with Crippen molar-refractivity contribution in [3.8, 4) is 0 Å². The Balaban J connectivity index is 1.80. The first kappa shape index (κ1) is 22.4. The molecule has 0 saturated carbocycles. The number of piperidine rings is 1. The van der Waals surface area contributed by atoms with Crippen LogP contribution in [0.25, 0.3) is 0 Å². The van der Waals surface area contributed by atoms with Gasteiger partial charge in [-0.3, -0.25) is 0 Å². The third kappa shape index (κ3) is 4.73. The number of ether oxygens (including phenoxy) is 1. The number of sulfonamides is 1. The summed E-state index contributed by atoms with van der Waals surface area (Å²) in [6.07, 6.45) is 1.67. The van der Waals surface area contributed by atoms with Crippen LogP contribution in [0.5, 0.6) is 0 Å². The lowest BCUT2D eigenvalue weighted by Crippen LogP contribution is -2.38. The van der Waals surface area contributed by atoms with Gasteiger partial charge in [-0.2, -0.15) is 9.29 Å². The van der Waals surface area contributed by atoms with Gasteiger partial charge in [-0.25, -0.2) is 13.2 Å². The lowest BCUT2D eigenvalue weighted by molar-refractivity contribution is 0.0429. The van der Waals surface area contributed by atoms with Crippen molar-refractivity contribution in [3.63, 3.8) is 0 Å². The smallest absolute Gasteiger partial charge is 0.338 e. The summed E-state index contributed by atoms with van der Waals surface area (Å²) >= 11 is 0. The molecule has 0 radical (unpaired) electrons. The molecule has 1 aliphatic heterocycles. The Morgan fingerprint density at radius 1 is 1.27 bits per heavy atom. The Hall–Kier alpha value is -2.26. The average Bonchev–Trinajstić information content (AvgIpc) is 3.17. The number of hydrogen-bond acceptors (Lipinski definition) is 7. The second-order valence-corrected chi connectivity index (χ2v) is 10.2. The van der Waals surface area contributed by atoms with Crippen molar-refractivity contribution < 1.29 is 22.5 Å². The Morgan fingerprint density at radius 3 is 2.53 bits per heavy atom. The van der Waals surface area contributed by atoms with Crippen LogP contribution in [0.2, 0.25) is 0 Å². The Kier molecular flexibility index (Phi) is 6.62. The summed E-state index contributed by atoms with van der Waals surface area (Å²) in [5.41, 5.74) is 1.54. The number of aryl methyl sites for hydroxylation is 1. The van der Waals surface area contributed by atoms with Gasteiger partial charge in [0, 0.05) is 19.0 Å². The Labute approximate surface area is 177 Å². The molecule has 2 heterocycles. The molecule has 1 aromatic carbocycles. The molecule has 0 N–H and O–H groups in total. The van der Waals surface area contributed by atoms with E-state index in [-0.39, 0.29) is 28.9 Å². The van der Waals surface area contributed by atoms with Crippen LogP contribution < -0.4 is 0 Å². The molecule has 0 atom stereocenters. The summed E-state index contributed by atoms with van der Waals surface area (Å²) in [6.45, 7) is 10.4. The Morgan fingerprint density at radius 2 is 1.93 bits per heavy atom. The van der Waals surface area contributed by atoms with Crippen LogP contribution in [0.15, 0.2) is 21.6 Å². The SMILES string of the molecule is Cc1cc(C(=O)OCc2nc(C(C)C)no2)cc(S(=O)(=O)N2CCC(C)CC2)c1C.